The second-order valence-electron chi connectivity index (χ2n) is 4.82. The fourth-order valence-electron chi connectivity index (χ4n) is 2.07. The Morgan fingerprint density at radius 1 is 1.04 bits per heavy atom. The van der Waals surface area contributed by atoms with E-state index < -0.39 is 10.0 Å². The number of sulfonamides is 1. The minimum absolute atomic E-state index is 0.209. The summed E-state index contributed by atoms with van der Waals surface area (Å²) in [6.45, 7) is 2.08. The van der Waals surface area contributed by atoms with E-state index in [1.165, 1.54) is 24.7 Å². The highest BCUT2D eigenvalue weighted by Gasteiger charge is 2.10. The predicted octanol–water partition coefficient (Wildman–Crippen LogP) is 2.97. The van der Waals surface area contributed by atoms with Crippen LogP contribution in [0.4, 0.5) is 11.4 Å². The number of hydrogen-bond donors (Lipinski definition) is 3. The summed E-state index contributed by atoms with van der Waals surface area (Å²) in [5.41, 5.74) is 2.85. The number of thiocarbonyl (C=S) groups is 1. The monoisotopic (exact) mass is 349 g/mol. The van der Waals surface area contributed by atoms with Crippen LogP contribution >= 0.6 is 12.2 Å². The van der Waals surface area contributed by atoms with Gasteiger partial charge in [0.1, 0.15) is 0 Å². The maximum atomic E-state index is 11.7. The summed E-state index contributed by atoms with van der Waals surface area (Å²) in [6.07, 6.45) is 0.905. The van der Waals surface area contributed by atoms with E-state index in [0.29, 0.717) is 10.8 Å². The molecular weight excluding hydrogens is 330 g/mol. The fourth-order valence-corrected chi connectivity index (χ4v) is 3.03. The van der Waals surface area contributed by atoms with E-state index in [-0.39, 0.29) is 4.90 Å². The van der Waals surface area contributed by atoms with Crippen molar-refractivity contribution in [2.75, 3.05) is 17.7 Å². The van der Waals surface area contributed by atoms with Gasteiger partial charge < -0.3 is 10.6 Å². The van der Waals surface area contributed by atoms with Gasteiger partial charge in [0.25, 0.3) is 0 Å². The summed E-state index contributed by atoms with van der Waals surface area (Å²) < 4.78 is 25.6. The lowest BCUT2D eigenvalue weighted by atomic mass is 10.1. The number of anilines is 2. The third-order valence-corrected chi connectivity index (χ3v) is 4.97. The molecule has 0 spiro atoms. The highest BCUT2D eigenvalue weighted by atomic mass is 32.2. The molecule has 5 nitrogen and oxygen atoms in total. The molecular formula is C16H19N3O2S2. The van der Waals surface area contributed by atoms with Crippen LogP contribution in [-0.4, -0.2) is 20.6 Å². The van der Waals surface area contributed by atoms with E-state index in [4.69, 9.17) is 12.2 Å². The number of benzene rings is 2. The normalized spacial score (nSPS) is 11.0. The summed E-state index contributed by atoms with van der Waals surface area (Å²) in [5.74, 6) is 0. The van der Waals surface area contributed by atoms with Crippen LogP contribution in [0.5, 0.6) is 0 Å². The number of hydrogen-bond acceptors (Lipinski definition) is 3. The Kier molecular flexibility index (Phi) is 5.70. The zero-order chi connectivity index (χ0) is 16.9. The van der Waals surface area contributed by atoms with Gasteiger partial charge in [0.15, 0.2) is 5.11 Å². The van der Waals surface area contributed by atoms with Crippen molar-refractivity contribution in [3.8, 4) is 0 Å². The van der Waals surface area contributed by atoms with Crippen molar-refractivity contribution in [3.63, 3.8) is 0 Å². The van der Waals surface area contributed by atoms with Crippen LogP contribution in [-0.2, 0) is 16.4 Å². The minimum Gasteiger partial charge on any atom is -0.332 e. The lowest BCUT2D eigenvalue weighted by Crippen LogP contribution is -2.20. The number of nitrogens with one attached hydrogen (secondary N) is 3. The molecule has 3 N–H and O–H groups in total. The van der Waals surface area contributed by atoms with Gasteiger partial charge in [0, 0.05) is 11.4 Å². The van der Waals surface area contributed by atoms with Crippen LogP contribution in [0.15, 0.2) is 53.4 Å². The molecule has 0 aliphatic heterocycles. The molecule has 2 aromatic rings. The summed E-state index contributed by atoms with van der Waals surface area (Å²) in [6, 6.07) is 14.3. The maximum absolute atomic E-state index is 11.7. The molecule has 0 radical (unpaired) electrons. The Bertz CT molecular complexity index is 787. The smallest absolute Gasteiger partial charge is 0.240 e. The van der Waals surface area contributed by atoms with Gasteiger partial charge in [-0.15, -0.1) is 0 Å². The standard InChI is InChI=1S/C16H19N3O2S2/c1-3-12-6-4-5-7-15(12)19-16(22)18-13-8-10-14(11-9-13)23(20,21)17-2/h4-11,17H,3H2,1-2H3,(H2,18,19,22). The highest BCUT2D eigenvalue weighted by Crippen LogP contribution is 2.17. The van der Waals surface area contributed by atoms with E-state index in [1.807, 2.05) is 24.3 Å². The first-order valence-electron chi connectivity index (χ1n) is 7.16. The van der Waals surface area contributed by atoms with Gasteiger partial charge in [-0.1, -0.05) is 25.1 Å². The van der Waals surface area contributed by atoms with Gasteiger partial charge >= 0.3 is 0 Å². The molecule has 0 saturated heterocycles. The lowest BCUT2D eigenvalue weighted by Gasteiger charge is -2.13. The van der Waals surface area contributed by atoms with Crippen molar-refractivity contribution in [1.29, 1.82) is 0 Å². The van der Waals surface area contributed by atoms with Crippen molar-refractivity contribution >= 4 is 38.7 Å². The zero-order valence-electron chi connectivity index (χ0n) is 13.0. The van der Waals surface area contributed by atoms with Crippen LogP contribution in [0.1, 0.15) is 12.5 Å². The van der Waals surface area contributed by atoms with Gasteiger partial charge in [-0.25, -0.2) is 13.1 Å². The van der Waals surface area contributed by atoms with E-state index in [9.17, 15) is 8.42 Å². The van der Waals surface area contributed by atoms with Gasteiger partial charge in [0.05, 0.1) is 4.90 Å². The predicted molar refractivity (Wildman–Crippen MR) is 98.4 cm³/mol. The molecule has 122 valence electrons. The topological polar surface area (TPSA) is 70.2 Å². The molecule has 7 heteroatoms. The number of rotatable bonds is 5. The second kappa shape index (κ2) is 7.54. The SMILES string of the molecule is CCc1ccccc1NC(=S)Nc1ccc(S(=O)(=O)NC)cc1. The Labute approximate surface area is 142 Å². The molecule has 0 bridgehead atoms. The molecule has 0 aliphatic carbocycles. The van der Waals surface area contributed by atoms with Crippen molar-refractivity contribution in [2.24, 2.45) is 0 Å². The molecule has 23 heavy (non-hydrogen) atoms. The van der Waals surface area contributed by atoms with Gasteiger partial charge in [-0.2, -0.15) is 0 Å². The number of para-hydroxylation sites is 1. The Morgan fingerprint density at radius 3 is 2.30 bits per heavy atom. The molecule has 0 fully saturated rings. The summed E-state index contributed by atoms with van der Waals surface area (Å²) in [4.78, 5) is 0.209. The quantitative estimate of drug-likeness (QED) is 0.724. The average molecular weight is 349 g/mol. The molecule has 0 unspecified atom stereocenters. The molecule has 2 rings (SSSR count). The third-order valence-electron chi connectivity index (χ3n) is 3.34. The fraction of sp³-hybridized carbons (Fsp3) is 0.188. The van der Waals surface area contributed by atoms with E-state index in [0.717, 1.165) is 12.1 Å². The lowest BCUT2D eigenvalue weighted by molar-refractivity contribution is 0.588. The molecule has 0 saturated carbocycles. The Morgan fingerprint density at radius 2 is 1.70 bits per heavy atom. The molecule has 0 aromatic heterocycles. The maximum Gasteiger partial charge on any atom is 0.240 e. The average Bonchev–Trinajstić information content (AvgIpc) is 2.55. The first-order chi connectivity index (χ1) is 11.0. The van der Waals surface area contributed by atoms with Crippen molar-refractivity contribution in [2.45, 2.75) is 18.2 Å². The van der Waals surface area contributed by atoms with E-state index in [1.54, 1.807) is 12.1 Å². The van der Waals surface area contributed by atoms with Crippen molar-refractivity contribution in [1.82, 2.24) is 4.72 Å². The Hall–Kier alpha value is -1.96. The third kappa shape index (κ3) is 4.51. The molecule has 0 heterocycles. The van der Waals surface area contributed by atoms with Crippen LogP contribution in [0, 0.1) is 0 Å². The van der Waals surface area contributed by atoms with Gasteiger partial charge in [-0.05, 0) is 61.6 Å². The summed E-state index contributed by atoms with van der Waals surface area (Å²) in [7, 11) is -2.05. The first-order valence-corrected chi connectivity index (χ1v) is 9.05. The number of aryl methyl sites for hydroxylation is 1. The van der Waals surface area contributed by atoms with Crippen LogP contribution < -0.4 is 15.4 Å². The van der Waals surface area contributed by atoms with E-state index in [2.05, 4.69) is 22.3 Å². The largest absolute Gasteiger partial charge is 0.332 e. The molecule has 0 atom stereocenters. The molecule has 2 aromatic carbocycles. The zero-order valence-corrected chi connectivity index (χ0v) is 14.6. The van der Waals surface area contributed by atoms with Crippen molar-refractivity contribution < 1.29 is 8.42 Å². The molecule has 0 aliphatic rings. The van der Waals surface area contributed by atoms with Gasteiger partial charge in [0.2, 0.25) is 10.0 Å². The van der Waals surface area contributed by atoms with Crippen LogP contribution in [0.25, 0.3) is 0 Å². The summed E-state index contributed by atoms with van der Waals surface area (Å²) >= 11 is 5.30. The van der Waals surface area contributed by atoms with Crippen LogP contribution in [0.3, 0.4) is 0 Å². The molecule has 0 amide bonds. The van der Waals surface area contributed by atoms with E-state index >= 15 is 0 Å². The first kappa shape index (κ1) is 17.4. The van der Waals surface area contributed by atoms with Gasteiger partial charge in [-0.3, -0.25) is 0 Å². The highest BCUT2D eigenvalue weighted by molar-refractivity contribution is 7.89. The van der Waals surface area contributed by atoms with Crippen molar-refractivity contribution in [3.05, 3.63) is 54.1 Å². The Balaban J connectivity index is 2.06. The second-order valence-corrected chi connectivity index (χ2v) is 7.12. The van der Waals surface area contributed by atoms with Crippen LogP contribution in [0.2, 0.25) is 0 Å². The minimum atomic E-state index is -3.43. The summed E-state index contributed by atoms with van der Waals surface area (Å²) in [5, 5.41) is 6.65.